The second kappa shape index (κ2) is 8.61. The molecule has 0 aromatic heterocycles. The van der Waals surface area contributed by atoms with Gasteiger partial charge < -0.3 is 9.47 Å². The summed E-state index contributed by atoms with van der Waals surface area (Å²) in [5.41, 5.74) is 0. The van der Waals surface area contributed by atoms with Gasteiger partial charge in [0.25, 0.3) is 11.5 Å². The highest BCUT2D eigenvalue weighted by atomic mass is 17.2. The molecule has 0 saturated heterocycles. The fraction of sp³-hybridized carbons (Fsp3) is 0.400. The Morgan fingerprint density at radius 3 is 1.15 bits per heavy atom. The standard InChI is InChI=1S/C10H12O10/c1-5(11)17-7(9(13)19-15-3)8(18-6(2)12)10(14)20-16-4/h1-4H3. The van der Waals surface area contributed by atoms with Crippen LogP contribution in [-0.2, 0) is 48.2 Å². The lowest BCUT2D eigenvalue weighted by Gasteiger charge is -2.10. The van der Waals surface area contributed by atoms with Crippen molar-refractivity contribution in [1.29, 1.82) is 0 Å². The normalized spacial score (nSPS) is 11.0. The predicted octanol–water partition coefficient (Wildman–Crippen LogP) is -0.467. The maximum atomic E-state index is 11.5. The zero-order valence-corrected chi connectivity index (χ0v) is 11.1. The van der Waals surface area contributed by atoms with E-state index in [9.17, 15) is 19.2 Å². The molecule has 10 nitrogen and oxygen atoms in total. The van der Waals surface area contributed by atoms with E-state index in [0.717, 1.165) is 28.1 Å². The molecule has 0 N–H and O–H groups in total. The molecule has 0 heterocycles. The second-order valence-corrected chi connectivity index (χ2v) is 2.92. The van der Waals surface area contributed by atoms with Crippen molar-refractivity contribution in [2.24, 2.45) is 0 Å². The lowest BCUT2D eigenvalue weighted by atomic mass is 10.4. The zero-order chi connectivity index (χ0) is 15.7. The minimum Gasteiger partial charge on any atom is -0.414 e. The van der Waals surface area contributed by atoms with Crippen LogP contribution in [0, 0.1) is 0 Å². The van der Waals surface area contributed by atoms with Gasteiger partial charge in [-0.05, 0) is 0 Å². The van der Waals surface area contributed by atoms with E-state index in [2.05, 4.69) is 29.0 Å². The zero-order valence-electron chi connectivity index (χ0n) is 11.1. The first kappa shape index (κ1) is 17.5. The van der Waals surface area contributed by atoms with E-state index < -0.39 is 35.4 Å². The van der Waals surface area contributed by atoms with E-state index in [-0.39, 0.29) is 0 Å². The number of esters is 2. The molecule has 0 amide bonds. The molecule has 0 aliphatic carbocycles. The summed E-state index contributed by atoms with van der Waals surface area (Å²) in [6.45, 7) is 1.88. The van der Waals surface area contributed by atoms with Crippen LogP contribution in [0.4, 0.5) is 0 Å². The number of carbonyl (C=O) groups is 4. The first-order chi connectivity index (χ1) is 9.33. The third kappa shape index (κ3) is 5.93. The summed E-state index contributed by atoms with van der Waals surface area (Å²) in [4.78, 5) is 61.1. The molecule has 0 radical (unpaired) electrons. The van der Waals surface area contributed by atoms with Gasteiger partial charge in [0.1, 0.15) is 0 Å². The van der Waals surface area contributed by atoms with Crippen molar-refractivity contribution in [3.63, 3.8) is 0 Å². The first-order valence-corrected chi connectivity index (χ1v) is 4.94. The van der Waals surface area contributed by atoms with Gasteiger partial charge in [0.05, 0.1) is 14.2 Å². The summed E-state index contributed by atoms with van der Waals surface area (Å²) in [7, 11) is 1.98. The highest BCUT2D eigenvalue weighted by Gasteiger charge is 2.31. The molecule has 0 aliphatic rings. The highest BCUT2D eigenvalue weighted by molar-refractivity contribution is 5.99. The summed E-state index contributed by atoms with van der Waals surface area (Å²) in [5, 5.41) is 0. The molecule has 0 fully saturated rings. The van der Waals surface area contributed by atoms with Gasteiger partial charge in [-0.3, -0.25) is 19.4 Å². The van der Waals surface area contributed by atoms with Gasteiger partial charge in [-0.1, -0.05) is 0 Å². The van der Waals surface area contributed by atoms with Gasteiger partial charge in [0.2, 0.25) is 0 Å². The quantitative estimate of drug-likeness (QED) is 0.208. The summed E-state index contributed by atoms with van der Waals surface area (Å²) in [6, 6.07) is 0. The van der Waals surface area contributed by atoms with Gasteiger partial charge in [0.15, 0.2) is 0 Å². The molecule has 0 bridgehead atoms. The maximum absolute atomic E-state index is 11.5. The third-order valence-corrected chi connectivity index (χ3v) is 1.39. The van der Waals surface area contributed by atoms with Crippen molar-refractivity contribution in [1.82, 2.24) is 0 Å². The van der Waals surface area contributed by atoms with Crippen LogP contribution >= 0.6 is 0 Å². The molecule has 0 unspecified atom stereocenters. The molecule has 0 spiro atoms. The van der Waals surface area contributed by atoms with Crippen LogP contribution < -0.4 is 0 Å². The molecule has 20 heavy (non-hydrogen) atoms. The summed E-state index contributed by atoms with van der Waals surface area (Å²) < 4.78 is 8.90. The van der Waals surface area contributed by atoms with Gasteiger partial charge in [-0.15, -0.1) is 0 Å². The van der Waals surface area contributed by atoms with Crippen molar-refractivity contribution < 1.29 is 48.2 Å². The minimum absolute atomic E-state index is 0.938. The minimum atomic E-state index is -1.40. The number of hydrogen-bond donors (Lipinski definition) is 0. The third-order valence-electron chi connectivity index (χ3n) is 1.39. The molecule has 10 heteroatoms. The van der Waals surface area contributed by atoms with E-state index in [0.29, 0.717) is 0 Å². The van der Waals surface area contributed by atoms with Crippen molar-refractivity contribution in [3.05, 3.63) is 11.5 Å². The highest BCUT2D eigenvalue weighted by Crippen LogP contribution is 2.14. The Bertz CT molecular complexity index is 395. The van der Waals surface area contributed by atoms with Crippen LogP contribution in [0.1, 0.15) is 13.8 Å². The maximum Gasteiger partial charge on any atom is 0.412 e. The first-order valence-electron chi connectivity index (χ1n) is 4.94. The van der Waals surface area contributed by atoms with Crippen LogP contribution in [0.15, 0.2) is 11.5 Å². The Labute approximate surface area is 113 Å². The topological polar surface area (TPSA) is 124 Å². The largest absolute Gasteiger partial charge is 0.414 e. The fourth-order valence-corrected chi connectivity index (χ4v) is 0.876. The Kier molecular flexibility index (Phi) is 7.55. The molecule has 0 aromatic carbocycles. The molecule has 0 atom stereocenters. The Hall–Kier alpha value is -2.46. The van der Waals surface area contributed by atoms with E-state index >= 15 is 0 Å². The molecular formula is C10H12O10. The van der Waals surface area contributed by atoms with Gasteiger partial charge in [-0.2, -0.15) is 9.78 Å². The van der Waals surface area contributed by atoms with Crippen molar-refractivity contribution in [2.75, 3.05) is 14.2 Å². The molecular weight excluding hydrogens is 280 g/mol. The van der Waals surface area contributed by atoms with Gasteiger partial charge >= 0.3 is 23.9 Å². The van der Waals surface area contributed by atoms with E-state index in [1.54, 1.807) is 0 Å². The van der Waals surface area contributed by atoms with Gasteiger partial charge in [-0.25, -0.2) is 9.59 Å². The average molecular weight is 292 g/mol. The Morgan fingerprint density at radius 2 is 0.950 bits per heavy atom. The van der Waals surface area contributed by atoms with Crippen LogP contribution in [-0.4, -0.2) is 38.1 Å². The summed E-state index contributed by atoms with van der Waals surface area (Å²) in [5.74, 6) is -6.82. The van der Waals surface area contributed by atoms with Crippen LogP contribution in [0.3, 0.4) is 0 Å². The van der Waals surface area contributed by atoms with Crippen LogP contribution in [0.5, 0.6) is 0 Å². The molecule has 0 saturated carbocycles. The van der Waals surface area contributed by atoms with Crippen molar-refractivity contribution in [3.8, 4) is 0 Å². The SMILES string of the molecule is COOC(=O)C(OC(C)=O)=C(OC(C)=O)C(=O)OOC. The molecule has 0 rings (SSSR count). The number of rotatable bonds is 6. The fourth-order valence-electron chi connectivity index (χ4n) is 0.876. The molecule has 0 aromatic rings. The molecule has 0 aliphatic heterocycles. The van der Waals surface area contributed by atoms with Crippen LogP contribution in [0.2, 0.25) is 0 Å². The summed E-state index contributed by atoms with van der Waals surface area (Å²) in [6.07, 6.45) is 0. The Morgan fingerprint density at radius 1 is 0.650 bits per heavy atom. The average Bonchev–Trinajstić information content (AvgIpc) is 2.33. The van der Waals surface area contributed by atoms with Crippen molar-refractivity contribution >= 4 is 23.9 Å². The second-order valence-electron chi connectivity index (χ2n) is 2.92. The van der Waals surface area contributed by atoms with E-state index in [4.69, 9.17) is 0 Å². The Balaban J connectivity index is 5.68. The number of hydrogen-bond acceptors (Lipinski definition) is 10. The van der Waals surface area contributed by atoms with Crippen molar-refractivity contribution in [2.45, 2.75) is 13.8 Å². The van der Waals surface area contributed by atoms with E-state index in [1.807, 2.05) is 0 Å². The van der Waals surface area contributed by atoms with Gasteiger partial charge in [0, 0.05) is 13.8 Å². The number of carbonyl (C=O) groups excluding carboxylic acids is 4. The monoisotopic (exact) mass is 292 g/mol. The lowest BCUT2D eigenvalue weighted by molar-refractivity contribution is -0.257. The number of ether oxygens (including phenoxy) is 2. The smallest absolute Gasteiger partial charge is 0.412 e. The van der Waals surface area contributed by atoms with Crippen LogP contribution in [0.25, 0.3) is 0 Å². The van der Waals surface area contributed by atoms with E-state index in [1.165, 1.54) is 0 Å². The summed E-state index contributed by atoms with van der Waals surface area (Å²) >= 11 is 0. The lowest BCUT2D eigenvalue weighted by Crippen LogP contribution is -2.22. The molecule has 112 valence electrons. The predicted molar refractivity (Wildman–Crippen MR) is 56.8 cm³/mol.